The van der Waals surface area contributed by atoms with Gasteiger partial charge in [-0.2, -0.15) is 0 Å². The highest BCUT2D eigenvalue weighted by atomic mass is 32.2. The minimum Gasteiger partial charge on any atom is -0.348 e. The lowest BCUT2D eigenvalue weighted by molar-refractivity contribution is -0.121. The van der Waals surface area contributed by atoms with Gasteiger partial charge < -0.3 is 5.32 Å². The molecule has 0 aromatic heterocycles. The number of thioether (sulfide) groups is 1. The minimum atomic E-state index is -0.118. The molecule has 0 fully saturated rings. The molecule has 2 nitrogen and oxygen atoms in total. The van der Waals surface area contributed by atoms with Crippen molar-refractivity contribution in [1.82, 2.24) is 5.32 Å². The van der Waals surface area contributed by atoms with Crippen LogP contribution >= 0.6 is 11.8 Å². The van der Waals surface area contributed by atoms with Crippen LogP contribution in [0.5, 0.6) is 0 Å². The molecule has 2 aromatic rings. The number of benzene rings is 2. The summed E-state index contributed by atoms with van der Waals surface area (Å²) in [6.45, 7) is 10.4. The molecule has 0 saturated carbocycles. The van der Waals surface area contributed by atoms with Crippen LogP contribution in [0.2, 0.25) is 0 Å². The van der Waals surface area contributed by atoms with Gasteiger partial charge in [0, 0.05) is 4.90 Å². The first-order valence-electron chi connectivity index (χ1n) is 8.51. The average Bonchev–Trinajstić information content (AvgIpc) is 2.55. The normalized spacial score (nSPS) is 13.4. The van der Waals surface area contributed by atoms with Crippen LogP contribution in [0.25, 0.3) is 0 Å². The first kappa shape index (κ1) is 18.6. The first-order valence-corrected chi connectivity index (χ1v) is 9.39. The Morgan fingerprint density at radius 1 is 1.04 bits per heavy atom. The molecule has 3 heteroatoms. The summed E-state index contributed by atoms with van der Waals surface area (Å²) >= 11 is 1.60. The van der Waals surface area contributed by atoms with Gasteiger partial charge in [0.1, 0.15) is 0 Å². The van der Waals surface area contributed by atoms with E-state index in [1.54, 1.807) is 11.8 Å². The van der Waals surface area contributed by atoms with E-state index >= 15 is 0 Å². The predicted molar refractivity (Wildman–Crippen MR) is 104 cm³/mol. The topological polar surface area (TPSA) is 29.1 Å². The Morgan fingerprint density at radius 2 is 1.67 bits per heavy atom. The maximum atomic E-state index is 12.6. The summed E-state index contributed by atoms with van der Waals surface area (Å²) in [7, 11) is 0. The molecule has 0 saturated heterocycles. The Balaban J connectivity index is 2.04. The Labute approximate surface area is 150 Å². The third kappa shape index (κ3) is 4.88. The summed E-state index contributed by atoms with van der Waals surface area (Å²) in [6, 6.07) is 14.8. The van der Waals surface area contributed by atoms with Gasteiger partial charge >= 0.3 is 0 Å². The molecular weight excluding hydrogens is 314 g/mol. The van der Waals surface area contributed by atoms with E-state index in [9.17, 15) is 4.79 Å². The fourth-order valence-corrected chi connectivity index (χ4v) is 3.66. The van der Waals surface area contributed by atoms with Gasteiger partial charge in [-0.15, -0.1) is 11.8 Å². The number of amides is 1. The molecule has 1 amide bonds. The molecule has 0 unspecified atom stereocenters. The summed E-state index contributed by atoms with van der Waals surface area (Å²) < 4.78 is 0. The smallest absolute Gasteiger partial charge is 0.233 e. The molecule has 0 radical (unpaired) electrons. The van der Waals surface area contributed by atoms with E-state index < -0.39 is 0 Å². The molecule has 1 N–H and O–H groups in total. The molecule has 2 aromatic carbocycles. The Bertz CT molecular complexity index is 693. The van der Waals surface area contributed by atoms with Crippen LogP contribution in [0.4, 0.5) is 0 Å². The van der Waals surface area contributed by atoms with Crippen molar-refractivity contribution in [2.75, 3.05) is 0 Å². The van der Waals surface area contributed by atoms with E-state index in [0.29, 0.717) is 0 Å². The molecule has 0 aliphatic rings. The number of hydrogen-bond donors (Lipinski definition) is 1. The van der Waals surface area contributed by atoms with E-state index in [4.69, 9.17) is 0 Å². The molecule has 128 valence electrons. The van der Waals surface area contributed by atoms with Crippen molar-refractivity contribution in [2.45, 2.75) is 57.2 Å². The van der Waals surface area contributed by atoms with Gasteiger partial charge in [-0.25, -0.2) is 0 Å². The fourth-order valence-electron chi connectivity index (χ4n) is 2.78. The molecule has 0 spiro atoms. The van der Waals surface area contributed by atoms with Crippen LogP contribution < -0.4 is 5.32 Å². The van der Waals surface area contributed by atoms with E-state index in [-0.39, 0.29) is 17.2 Å². The molecule has 0 bridgehead atoms. The summed E-state index contributed by atoms with van der Waals surface area (Å²) in [5.41, 5.74) is 4.93. The largest absolute Gasteiger partial charge is 0.348 e. The number of nitrogens with one attached hydrogen (secondary N) is 1. The van der Waals surface area contributed by atoms with Gasteiger partial charge in [-0.05, 0) is 57.4 Å². The fraction of sp³-hybridized carbons (Fsp3) is 0.381. The van der Waals surface area contributed by atoms with E-state index in [1.807, 2.05) is 6.92 Å². The van der Waals surface area contributed by atoms with Gasteiger partial charge in [0.2, 0.25) is 5.91 Å². The van der Waals surface area contributed by atoms with Crippen LogP contribution in [-0.2, 0) is 4.79 Å². The van der Waals surface area contributed by atoms with Gasteiger partial charge in [-0.3, -0.25) is 4.79 Å². The highest BCUT2D eigenvalue weighted by molar-refractivity contribution is 8.00. The molecule has 2 rings (SSSR count). The SMILES string of the molecule is CC[C@H](NC(=O)[C@@H](C)Sc1ccc(C)cc1)c1ccc(C)cc1C. The Kier molecular flexibility index (Phi) is 6.50. The van der Waals surface area contributed by atoms with Crippen molar-refractivity contribution in [1.29, 1.82) is 0 Å². The van der Waals surface area contributed by atoms with Crippen LogP contribution in [0, 0.1) is 20.8 Å². The molecular formula is C21H27NOS. The number of rotatable bonds is 6. The van der Waals surface area contributed by atoms with E-state index in [1.165, 1.54) is 22.3 Å². The maximum absolute atomic E-state index is 12.6. The monoisotopic (exact) mass is 341 g/mol. The minimum absolute atomic E-state index is 0.0687. The number of carbonyl (C=O) groups excluding carboxylic acids is 1. The molecule has 0 aliphatic heterocycles. The van der Waals surface area contributed by atoms with Crippen LogP contribution in [0.3, 0.4) is 0 Å². The lowest BCUT2D eigenvalue weighted by Crippen LogP contribution is -2.34. The standard InChI is InChI=1S/C21H27NOS/c1-6-20(19-12-9-15(3)13-16(19)4)22-21(23)17(5)24-18-10-7-14(2)8-11-18/h7-13,17,20H,6H2,1-5H3,(H,22,23)/t17-,20+/m1/s1. The molecule has 0 aliphatic carbocycles. The summed E-state index contributed by atoms with van der Waals surface area (Å²) in [5, 5.41) is 3.10. The second kappa shape index (κ2) is 8.39. The number of aryl methyl sites for hydroxylation is 3. The molecule has 2 atom stereocenters. The third-order valence-corrected chi connectivity index (χ3v) is 5.34. The molecule has 24 heavy (non-hydrogen) atoms. The van der Waals surface area contributed by atoms with Crippen molar-refractivity contribution < 1.29 is 4.79 Å². The van der Waals surface area contributed by atoms with Crippen molar-refractivity contribution in [2.24, 2.45) is 0 Å². The van der Waals surface area contributed by atoms with Crippen LogP contribution in [-0.4, -0.2) is 11.2 Å². The van der Waals surface area contributed by atoms with Crippen LogP contribution in [0.15, 0.2) is 47.4 Å². The summed E-state index contributed by atoms with van der Waals surface area (Å²) in [5.74, 6) is 0.0902. The molecule has 0 heterocycles. The zero-order valence-corrected chi connectivity index (χ0v) is 16.0. The van der Waals surface area contributed by atoms with Gasteiger partial charge in [0.25, 0.3) is 0 Å². The van der Waals surface area contributed by atoms with Crippen LogP contribution in [0.1, 0.15) is 48.6 Å². The lowest BCUT2D eigenvalue weighted by atomic mass is 9.97. The summed E-state index contributed by atoms with van der Waals surface area (Å²) in [6.07, 6.45) is 0.886. The Morgan fingerprint density at radius 3 is 2.25 bits per heavy atom. The Hall–Kier alpha value is -1.74. The lowest BCUT2D eigenvalue weighted by Gasteiger charge is -2.22. The quantitative estimate of drug-likeness (QED) is 0.717. The second-order valence-corrected chi connectivity index (χ2v) is 7.82. The van der Waals surface area contributed by atoms with Crippen molar-refractivity contribution >= 4 is 17.7 Å². The highest BCUT2D eigenvalue weighted by Crippen LogP contribution is 2.26. The average molecular weight is 342 g/mol. The number of hydrogen-bond acceptors (Lipinski definition) is 2. The third-order valence-electron chi connectivity index (χ3n) is 4.23. The van der Waals surface area contributed by atoms with Crippen molar-refractivity contribution in [3.63, 3.8) is 0 Å². The van der Waals surface area contributed by atoms with Gasteiger partial charge in [-0.1, -0.05) is 48.4 Å². The highest BCUT2D eigenvalue weighted by Gasteiger charge is 2.20. The van der Waals surface area contributed by atoms with Gasteiger partial charge in [0.05, 0.1) is 11.3 Å². The number of carbonyl (C=O) groups is 1. The second-order valence-electron chi connectivity index (χ2n) is 6.40. The van der Waals surface area contributed by atoms with E-state index in [0.717, 1.165) is 11.3 Å². The van der Waals surface area contributed by atoms with Crippen molar-refractivity contribution in [3.8, 4) is 0 Å². The summed E-state index contributed by atoms with van der Waals surface area (Å²) in [4.78, 5) is 13.7. The first-order chi connectivity index (χ1) is 11.4. The zero-order valence-electron chi connectivity index (χ0n) is 15.2. The predicted octanol–water partition coefficient (Wildman–Crippen LogP) is 5.36. The maximum Gasteiger partial charge on any atom is 0.233 e. The zero-order chi connectivity index (χ0) is 17.7. The van der Waals surface area contributed by atoms with E-state index in [2.05, 4.69) is 75.5 Å². The van der Waals surface area contributed by atoms with Crippen molar-refractivity contribution in [3.05, 3.63) is 64.7 Å². The van der Waals surface area contributed by atoms with Gasteiger partial charge in [0.15, 0.2) is 0 Å².